The van der Waals surface area contributed by atoms with Crippen LogP contribution in [0.15, 0.2) is 66.9 Å². The number of hydrogen-bond acceptors (Lipinski definition) is 3. The molecule has 1 aliphatic rings. The highest BCUT2D eigenvalue weighted by molar-refractivity contribution is 5.95. The minimum absolute atomic E-state index is 0.114. The first-order valence-corrected chi connectivity index (χ1v) is 9.41. The molecule has 0 radical (unpaired) electrons. The number of halogens is 2. The predicted molar refractivity (Wildman–Crippen MR) is 106 cm³/mol. The van der Waals surface area contributed by atoms with Crippen LogP contribution in [0.25, 0.3) is 11.1 Å². The summed E-state index contributed by atoms with van der Waals surface area (Å²) in [6.45, 7) is -2.89. The monoisotopic (exact) mass is 394 g/mol. The molecule has 1 amide bonds. The third-order valence-electron chi connectivity index (χ3n) is 5.63. The molecule has 0 aliphatic heterocycles. The Morgan fingerprint density at radius 2 is 1.69 bits per heavy atom. The summed E-state index contributed by atoms with van der Waals surface area (Å²) in [5.74, 6) is -0.530. The van der Waals surface area contributed by atoms with E-state index in [1.807, 2.05) is 30.3 Å². The number of ether oxygens (including phenoxy) is 1. The summed E-state index contributed by atoms with van der Waals surface area (Å²) < 4.78 is 28.8. The van der Waals surface area contributed by atoms with Gasteiger partial charge in [-0.25, -0.2) is 4.98 Å². The fraction of sp³-hybridized carbons (Fsp3) is 0.217. The Hall–Kier alpha value is -3.28. The van der Waals surface area contributed by atoms with Crippen LogP contribution in [0.4, 0.5) is 8.78 Å². The summed E-state index contributed by atoms with van der Waals surface area (Å²) >= 11 is 0. The second-order valence-electron chi connectivity index (χ2n) is 7.19. The number of benzene rings is 2. The molecule has 1 aromatic heterocycles. The lowest BCUT2D eigenvalue weighted by Gasteiger charge is -2.44. The van der Waals surface area contributed by atoms with Gasteiger partial charge in [-0.15, -0.1) is 0 Å². The lowest BCUT2D eigenvalue weighted by Crippen LogP contribution is -2.37. The van der Waals surface area contributed by atoms with Crippen LogP contribution in [0.5, 0.6) is 5.88 Å². The number of amides is 1. The molecule has 0 spiro atoms. The molecule has 2 aromatic carbocycles. The first kappa shape index (κ1) is 19.1. The lowest BCUT2D eigenvalue weighted by atomic mass is 9.59. The van der Waals surface area contributed by atoms with Crippen molar-refractivity contribution in [1.29, 1.82) is 0 Å². The summed E-state index contributed by atoms with van der Waals surface area (Å²) in [6, 6.07) is 18.7. The molecular formula is C23H20F2N2O2. The molecule has 2 N–H and O–H groups in total. The number of alkyl halides is 2. The lowest BCUT2D eigenvalue weighted by molar-refractivity contribution is -0.0528. The zero-order valence-corrected chi connectivity index (χ0v) is 15.6. The molecule has 0 bridgehead atoms. The van der Waals surface area contributed by atoms with Crippen molar-refractivity contribution in [3.8, 4) is 17.0 Å². The zero-order chi connectivity index (χ0) is 20.4. The Morgan fingerprint density at radius 1 is 1.00 bits per heavy atom. The smallest absolute Gasteiger partial charge is 0.388 e. The van der Waals surface area contributed by atoms with Gasteiger partial charge in [0, 0.05) is 28.8 Å². The molecule has 6 heteroatoms. The van der Waals surface area contributed by atoms with Crippen molar-refractivity contribution < 1.29 is 18.3 Å². The fourth-order valence-electron chi connectivity index (χ4n) is 4.05. The maximum Gasteiger partial charge on any atom is 0.388 e. The van der Waals surface area contributed by atoms with Gasteiger partial charge in [-0.3, -0.25) is 4.79 Å². The van der Waals surface area contributed by atoms with Crippen LogP contribution in [0.1, 0.15) is 40.7 Å². The van der Waals surface area contributed by atoms with Crippen molar-refractivity contribution in [3.63, 3.8) is 0 Å². The summed E-state index contributed by atoms with van der Waals surface area (Å²) in [5.41, 5.74) is 9.79. The first-order valence-electron chi connectivity index (χ1n) is 9.41. The summed E-state index contributed by atoms with van der Waals surface area (Å²) in [5, 5.41) is 0. The van der Waals surface area contributed by atoms with E-state index in [1.54, 1.807) is 12.1 Å². The second kappa shape index (κ2) is 7.62. The average molecular weight is 394 g/mol. The highest BCUT2D eigenvalue weighted by atomic mass is 19.3. The SMILES string of the molecule is NC(=O)c1ccccc1C1(c2ccc(-c3ccc(OC(F)F)nc3)cc2)CCC1. The third kappa shape index (κ3) is 3.58. The van der Waals surface area contributed by atoms with Gasteiger partial charge in [0.25, 0.3) is 0 Å². The Balaban J connectivity index is 1.64. The molecule has 1 saturated carbocycles. The van der Waals surface area contributed by atoms with Gasteiger partial charge in [-0.1, -0.05) is 48.9 Å². The van der Waals surface area contributed by atoms with Crippen molar-refractivity contribution in [2.45, 2.75) is 31.3 Å². The molecule has 4 nitrogen and oxygen atoms in total. The maximum atomic E-state index is 12.3. The number of nitrogens with two attached hydrogens (primary N) is 1. The van der Waals surface area contributed by atoms with Crippen LogP contribution in [0.2, 0.25) is 0 Å². The van der Waals surface area contributed by atoms with Crippen molar-refractivity contribution in [1.82, 2.24) is 4.98 Å². The molecule has 1 fully saturated rings. The van der Waals surface area contributed by atoms with E-state index in [2.05, 4.69) is 21.9 Å². The van der Waals surface area contributed by atoms with Crippen molar-refractivity contribution in [2.24, 2.45) is 5.73 Å². The van der Waals surface area contributed by atoms with E-state index >= 15 is 0 Å². The molecule has 1 heterocycles. The number of primary amides is 1. The molecule has 0 saturated heterocycles. The Kier molecular flexibility index (Phi) is 5.01. The molecule has 4 rings (SSSR count). The van der Waals surface area contributed by atoms with Gasteiger partial charge >= 0.3 is 6.61 Å². The second-order valence-corrected chi connectivity index (χ2v) is 7.19. The highest BCUT2D eigenvalue weighted by Crippen LogP contribution is 2.50. The average Bonchev–Trinajstić information content (AvgIpc) is 2.68. The van der Waals surface area contributed by atoms with Crippen molar-refractivity contribution >= 4 is 5.91 Å². The Bertz CT molecular complexity index is 1010. The minimum atomic E-state index is -2.89. The summed E-state index contributed by atoms with van der Waals surface area (Å²) in [6.07, 6.45) is 4.51. The summed E-state index contributed by atoms with van der Waals surface area (Å²) in [7, 11) is 0. The van der Waals surface area contributed by atoms with E-state index in [-0.39, 0.29) is 11.3 Å². The molecule has 3 aromatic rings. The number of pyridine rings is 1. The van der Waals surface area contributed by atoms with E-state index < -0.39 is 12.5 Å². The van der Waals surface area contributed by atoms with Gasteiger partial charge in [0.2, 0.25) is 11.8 Å². The molecule has 0 atom stereocenters. The number of carbonyl (C=O) groups excluding carboxylic acids is 1. The molecule has 0 unspecified atom stereocenters. The number of rotatable bonds is 6. The first-order chi connectivity index (χ1) is 14.0. The standard InChI is InChI=1S/C23H20F2N2O2/c24-22(25)29-20-11-8-16(14-27-20)15-6-9-17(10-7-15)23(12-3-13-23)19-5-2-1-4-18(19)21(26)28/h1-2,4-11,14,22H,3,12-13H2,(H2,26,28). The van der Waals surface area contributed by atoms with Crippen LogP contribution in [0, 0.1) is 0 Å². The van der Waals surface area contributed by atoms with Gasteiger partial charge in [-0.05, 0) is 41.7 Å². The molecule has 148 valence electrons. The van der Waals surface area contributed by atoms with Crippen LogP contribution in [-0.2, 0) is 5.41 Å². The minimum Gasteiger partial charge on any atom is -0.417 e. The van der Waals surface area contributed by atoms with E-state index in [0.29, 0.717) is 5.56 Å². The molecular weight excluding hydrogens is 374 g/mol. The van der Waals surface area contributed by atoms with Gasteiger partial charge < -0.3 is 10.5 Å². The van der Waals surface area contributed by atoms with Gasteiger partial charge in [0.05, 0.1) is 0 Å². The maximum absolute atomic E-state index is 12.3. The van der Waals surface area contributed by atoms with Crippen LogP contribution in [-0.4, -0.2) is 17.5 Å². The van der Waals surface area contributed by atoms with Crippen LogP contribution >= 0.6 is 0 Å². The highest BCUT2D eigenvalue weighted by Gasteiger charge is 2.42. The number of aromatic nitrogens is 1. The predicted octanol–water partition coefficient (Wildman–Crippen LogP) is 4.92. The topological polar surface area (TPSA) is 65.2 Å². The largest absolute Gasteiger partial charge is 0.417 e. The Labute approximate surface area is 167 Å². The summed E-state index contributed by atoms with van der Waals surface area (Å²) in [4.78, 5) is 15.9. The van der Waals surface area contributed by atoms with Crippen molar-refractivity contribution in [3.05, 3.63) is 83.6 Å². The number of hydrogen-bond donors (Lipinski definition) is 1. The normalized spacial score (nSPS) is 15.0. The van der Waals surface area contributed by atoms with E-state index in [0.717, 1.165) is 41.5 Å². The van der Waals surface area contributed by atoms with Crippen LogP contribution in [0.3, 0.4) is 0 Å². The Morgan fingerprint density at radius 3 is 2.24 bits per heavy atom. The van der Waals surface area contributed by atoms with Crippen molar-refractivity contribution in [2.75, 3.05) is 0 Å². The van der Waals surface area contributed by atoms with E-state index in [4.69, 9.17) is 5.73 Å². The quantitative estimate of drug-likeness (QED) is 0.645. The van der Waals surface area contributed by atoms with Crippen LogP contribution < -0.4 is 10.5 Å². The number of carbonyl (C=O) groups is 1. The molecule has 1 aliphatic carbocycles. The zero-order valence-electron chi connectivity index (χ0n) is 15.6. The number of nitrogens with zero attached hydrogens (tertiary/aromatic N) is 1. The van der Waals surface area contributed by atoms with E-state index in [9.17, 15) is 13.6 Å². The van der Waals surface area contributed by atoms with Gasteiger partial charge in [-0.2, -0.15) is 8.78 Å². The van der Waals surface area contributed by atoms with E-state index in [1.165, 1.54) is 12.3 Å². The fourth-order valence-corrected chi connectivity index (χ4v) is 4.05. The van der Waals surface area contributed by atoms with Gasteiger partial charge in [0.1, 0.15) is 0 Å². The third-order valence-corrected chi connectivity index (χ3v) is 5.63. The molecule has 29 heavy (non-hydrogen) atoms. The van der Waals surface area contributed by atoms with Gasteiger partial charge in [0.15, 0.2) is 0 Å².